The molecule has 0 radical (unpaired) electrons. The monoisotopic (exact) mass is 640 g/mol. The largest absolute Gasteiger partial charge is 0.455 e. The number of fused-ring (bicyclic) bond motifs is 3. The van der Waals surface area contributed by atoms with E-state index in [1.807, 2.05) is 12.3 Å². The first-order chi connectivity index (χ1) is 24.8. The number of pyridine rings is 1. The number of hydrogen-bond donors (Lipinski definition) is 0. The molecule has 0 amide bonds. The zero-order valence-corrected chi connectivity index (χ0v) is 27.3. The number of rotatable bonds is 7. The number of benzene rings is 7. The molecule has 0 fully saturated rings. The van der Waals surface area contributed by atoms with Crippen LogP contribution in [0.1, 0.15) is 0 Å². The van der Waals surface area contributed by atoms with Gasteiger partial charge in [-0.15, -0.1) is 0 Å². The van der Waals surface area contributed by atoms with Gasteiger partial charge in [0.2, 0.25) is 0 Å². The van der Waals surface area contributed by atoms with Gasteiger partial charge in [-0.25, -0.2) is 0 Å². The smallest absolute Gasteiger partial charge is 0.143 e. The van der Waals surface area contributed by atoms with E-state index in [0.29, 0.717) is 0 Å². The van der Waals surface area contributed by atoms with Gasteiger partial charge in [0.1, 0.15) is 11.2 Å². The van der Waals surface area contributed by atoms with Gasteiger partial charge in [0.15, 0.2) is 0 Å². The molecule has 0 aliphatic rings. The van der Waals surface area contributed by atoms with Crippen molar-refractivity contribution in [3.8, 4) is 44.5 Å². The van der Waals surface area contributed by atoms with Crippen LogP contribution in [0.3, 0.4) is 0 Å². The zero-order chi connectivity index (χ0) is 33.3. The molecule has 0 saturated carbocycles. The fraction of sp³-hybridized carbons (Fsp3) is 0. The summed E-state index contributed by atoms with van der Waals surface area (Å²) in [6, 6.07) is 64.5. The van der Waals surface area contributed by atoms with Crippen LogP contribution in [-0.4, -0.2) is 4.98 Å². The summed E-state index contributed by atoms with van der Waals surface area (Å²) in [5.74, 6) is 0. The highest BCUT2D eigenvalue weighted by Crippen LogP contribution is 2.41. The lowest BCUT2D eigenvalue weighted by Crippen LogP contribution is -2.10. The second-order valence-electron chi connectivity index (χ2n) is 12.4. The first-order valence-electron chi connectivity index (χ1n) is 16.9. The van der Waals surface area contributed by atoms with Gasteiger partial charge < -0.3 is 9.32 Å². The summed E-state index contributed by atoms with van der Waals surface area (Å²) in [5.41, 5.74) is 14.2. The van der Waals surface area contributed by atoms with E-state index in [0.717, 1.165) is 50.1 Å². The minimum atomic E-state index is 0.841. The summed E-state index contributed by atoms with van der Waals surface area (Å²) >= 11 is 0. The average molecular weight is 641 g/mol. The highest BCUT2D eigenvalue weighted by atomic mass is 16.3. The van der Waals surface area contributed by atoms with E-state index in [2.05, 4.69) is 186 Å². The predicted octanol–water partition coefficient (Wildman–Crippen LogP) is 13.1. The van der Waals surface area contributed by atoms with E-state index in [-0.39, 0.29) is 0 Å². The van der Waals surface area contributed by atoms with Crippen LogP contribution in [0.15, 0.2) is 199 Å². The summed E-state index contributed by atoms with van der Waals surface area (Å²) in [5, 5.41) is 2.09. The van der Waals surface area contributed by atoms with Crippen LogP contribution in [0.5, 0.6) is 0 Å². The molecule has 3 nitrogen and oxygen atoms in total. The minimum absolute atomic E-state index is 0.841. The number of hydrogen-bond acceptors (Lipinski definition) is 3. The summed E-state index contributed by atoms with van der Waals surface area (Å²) < 4.78 is 6.40. The molecule has 9 aromatic rings. The van der Waals surface area contributed by atoms with Crippen molar-refractivity contribution in [1.29, 1.82) is 0 Å². The number of aromatic nitrogens is 1. The first-order valence-corrected chi connectivity index (χ1v) is 16.9. The summed E-state index contributed by atoms with van der Waals surface area (Å²) in [7, 11) is 0. The second kappa shape index (κ2) is 12.7. The van der Waals surface area contributed by atoms with Crippen molar-refractivity contribution >= 4 is 39.0 Å². The number of furan rings is 1. The van der Waals surface area contributed by atoms with Crippen molar-refractivity contribution in [3.05, 3.63) is 194 Å². The third-order valence-electron chi connectivity index (χ3n) is 9.37. The predicted molar refractivity (Wildman–Crippen MR) is 208 cm³/mol. The summed E-state index contributed by atoms with van der Waals surface area (Å²) in [6.07, 6.45) is 3.65. The highest BCUT2D eigenvalue weighted by Gasteiger charge is 2.17. The molecule has 0 aliphatic carbocycles. The summed E-state index contributed by atoms with van der Waals surface area (Å²) in [4.78, 5) is 6.67. The van der Waals surface area contributed by atoms with Gasteiger partial charge in [-0.05, 0) is 87.5 Å². The quantitative estimate of drug-likeness (QED) is 0.174. The molecule has 3 heteroatoms. The molecule has 0 bridgehead atoms. The molecule has 7 aromatic carbocycles. The van der Waals surface area contributed by atoms with E-state index < -0.39 is 0 Å². The molecular weight excluding hydrogens is 609 g/mol. The summed E-state index contributed by atoms with van der Waals surface area (Å²) in [6.45, 7) is 0. The molecule has 0 spiro atoms. The normalized spacial score (nSPS) is 11.2. The van der Waals surface area contributed by atoms with Crippen molar-refractivity contribution in [2.75, 3.05) is 4.90 Å². The van der Waals surface area contributed by atoms with Crippen molar-refractivity contribution in [2.24, 2.45) is 0 Å². The van der Waals surface area contributed by atoms with Gasteiger partial charge in [0, 0.05) is 45.8 Å². The lowest BCUT2D eigenvalue weighted by molar-refractivity contribution is 0.669. The standard InChI is InChI=1S/C47H32N2O/c1-3-10-33(11-4-1)35-20-24-40(25-21-35)49(41-26-22-36(23-27-41)38-15-7-14-37(30-38)34-12-5-2-6-13-34)42-17-8-16-39(31-42)43-18-9-19-44-45-32-48-29-28-46(45)50-47(43)44/h1-32H. The maximum absolute atomic E-state index is 6.40. The van der Waals surface area contributed by atoms with Gasteiger partial charge in [-0.1, -0.05) is 133 Å². The third-order valence-corrected chi connectivity index (χ3v) is 9.37. The molecule has 0 unspecified atom stereocenters. The van der Waals surface area contributed by atoms with Crippen LogP contribution < -0.4 is 4.90 Å². The third kappa shape index (κ3) is 5.51. The Kier molecular flexibility index (Phi) is 7.49. The lowest BCUT2D eigenvalue weighted by Gasteiger charge is -2.26. The van der Waals surface area contributed by atoms with Crippen molar-refractivity contribution in [1.82, 2.24) is 4.98 Å². The molecule has 0 atom stereocenters. The Balaban J connectivity index is 1.13. The number of nitrogens with zero attached hydrogens (tertiary/aromatic N) is 2. The van der Waals surface area contributed by atoms with Crippen LogP contribution >= 0.6 is 0 Å². The van der Waals surface area contributed by atoms with Gasteiger partial charge >= 0.3 is 0 Å². The Labute approximate surface area is 291 Å². The Morgan fingerprint density at radius 3 is 1.60 bits per heavy atom. The van der Waals surface area contributed by atoms with E-state index in [9.17, 15) is 0 Å². The van der Waals surface area contributed by atoms with Gasteiger partial charge in [0.25, 0.3) is 0 Å². The Morgan fingerprint density at radius 1 is 0.380 bits per heavy atom. The number of anilines is 3. The number of para-hydroxylation sites is 1. The molecule has 9 rings (SSSR count). The van der Waals surface area contributed by atoms with Gasteiger partial charge in [-0.3, -0.25) is 4.98 Å². The molecule has 50 heavy (non-hydrogen) atoms. The molecule has 2 heterocycles. The zero-order valence-electron chi connectivity index (χ0n) is 27.3. The van der Waals surface area contributed by atoms with Gasteiger partial charge in [-0.2, -0.15) is 0 Å². The highest BCUT2D eigenvalue weighted by molar-refractivity contribution is 6.09. The van der Waals surface area contributed by atoms with Crippen LogP contribution in [0.2, 0.25) is 0 Å². The second-order valence-corrected chi connectivity index (χ2v) is 12.4. The fourth-order valence-corrected chi connectivity index (χ4v) is 6.87. The van der Waals surface area contributed by atoms with Crippen LogP contribution in [0.4, 0.5) is 17.1 Å². The molecule has 0 N–H and O–H groups in total. The van der Waals surface area contributed by atoms with E-state index in [1.54, 1.807) is 6.20 Å². The average Bonchev–Trinajstić information content (AvgIpc) is 3.59. The van der Waals surface area contributed by atoms with Crippen LogP contribution in [0, 0.1) is 0 Å². The SMILES string of the molecule is c1ccc(-c2ccc(N(c3ccc(-c4cccc(-c5ccccc5)c4)cc3)c3cccc(-c4cccc5c4oc4ccncc45)c3)cc2)cc1. The molecule has 2 aromatic heterocycles. The van der Waals surface area contributed by atoms with Crippen molar-refractivity contribution in [3.63, 3.8) is 0 Å². The van der Waals surface area contributed by atoms with Gasteiger partial charge in [0.05, 0.1) is 0 Å². The van der Waals surface area contributed by atoms with Crippen LogP contribution in [0.25, 0.3) is 66.4 Å². The molecule has 0 aliphatic heterocycles. The maximum atomic E-state index is 6.40. The topological polar surface area (TPSA) is 29.3 Å². The maximum Gasteiger partial charge on any atom is 0.143 e. The molecule has 236 valence electrons. The van der Waals surface area contributed by atoms with Crippen LogP contribution in [-0.2, 0) is 0 Å². The first kappa shape index (κ1) is 29.4. The molecule has 0 saturated heterocycles. The van der Waals surface area contributed by atoms with E-state index >= 15 is 0 Å². The van der Waals surface area contributed by atoms with Crippen molar-refractivity contribution in [2.45, 2.75) is 0 Å². The van der Waals surface area contributed by atoms with E-state index in [4.69, 9.17) is 4.42 Å². The minimum Gasteiger partial charge on any atom is -0.455 e. The molecular formula is C47H32N2O. The fourth-order valence-electron chi connectivity index (χ4n) is 6.87. The van der Waals surface area contributed by atoms with Crippen molar-refractivity contribution < 1.29 is 4.42 Å². The Bertz CT molecular complexity index is 2570. The lowest BCUT2D eigenvalue weighted by atomic mass is 9.98. The van der Waals surface area contributed by atoms with E-state index in [1.165, 1.54) is 33.4 Å². The Hall–Kier alpha value is -6.71. The Morgan fingerprint density at radius 2 is 0.920 bits per heavy atom.